The minimum absolute atomic E-state index is 0.0488. The molecule has 2 heterocycles. The summed E-state index contributed by atoms with van der Waals surface area (Å²) in [5.74, 6) is -1.64. The third kappa shape index (κ3) is 7.95. The van der Waals surface area contributed by atoms with Crippen LogP contribution >= 0.6 is 27.7 Å². The number of ether oxygens (including phenoxy) is 2. The molecule has 0 saturated carbocycles. The van der Waals surface area contributed by atoms with Gasteiger partial charge in [0, 0.05) is 41.1 Å². The molecule has 0 bridgehead atoms. The zero-order valence-corrected chi connectivity index (χ0v) is 25.5. The minimum Gasteiger partial charge on any atom is -0.456 e. The van der Waals surface area contributed by atoms with Crippen molar-refractivity contribution in [2.24, 2.45) is 5.92 Å². The number of carbonyl (C=O) groups excluding carboxylic acids is 3. The molecule has 2 aliphatic rings. The van der Waals surface area contributed by atoms with Crippen molar-refractivity contribution in [1.82, 2.24) is 10.2 Å². The monoisotopic (exact) mass is 663 g/mol. The molecule has 1 N–H and O–H groups in total. The molecule has 0 unspecified atom stereocenters. The molecule has 16 heteroatoms. The molecule has 3 rings (SSSR count). The minimum atomic E-state index is -3.81. The Kier molecular flexibility index (Phi) is 10.2. The number of alkyl halides is 1. The number of alkyl carbamates (subject to hydrolysis) is 1. The van der Waals surface area contributed by atoms with Crippen LogP contribution in [0.2, 0.25) is 0 Å². The van der Waals surface area contributed by atoms with Crippen LogP contribution in [0, 0.1) is 16.0 Å². The first-order valence-electron chi connectivity index (χ1n) is 12.1. The number of nitro benzene ring substituents is 1. The van der Waals surface area contributed by atoms with Crippen molar-refractivity contribution in [1.29, 1.82) is 0 Å². The van der Waals surface area contributed by atoms with Crippen molar-refractivity contribution in [2.45, 2.75) is 51.5 Å². The highest BCUT2D eigenvalue weighted by molar-refractivity contribution is 9.09. The quantitative estimate of drug-likeness (QED) is 0.0625. The summed E-state index contributed by atoms with van der Waals surface area (Å²) < 4.78 is 39.0. The van der Waals surface area contributed by atoms with Crippen LogP contribution in [0.1, 0.15) is 32.8 Å². The number of amides is 2. The predicted octanol–water partition coefficient (Wildman–Crippen LogP) is 3.08. The fourth-order valence-electron chi connectivity index (χ4n) is 4.24. The first-order valence-corrected chi connectivity index (χ1v) is 16.1. The number of fused-ring (bicyclic) bond motifs is 1. The molecule has 2 amide bonds. The Bertz CT molecular complexity index is 1300. The number of nitrogens with one attached hydrogen (secondary N) is 1. The number of β-lactam (4-membered cyclic amide) rings is 1. The topological polar surface area (TPSA) is 171 Å². The highest BCUT2D eigenvalue weighted by atomic mass is 79.9. The van der Waals surface area contributed by atoms with Gasteiger partial charge in [-0.3, -0.25) is 19.1 Å². The number of nitro groups is 1. The van der Waals surface area contributed by atoms with Gasteiger partial charge < -0.3 is 19.7 Å². The number of benzene rings is 1. The molecule has 2 aliphatic heterocycles. The Hall–Kier alpha value is -2.69. The molecule has 0 aromatic heterocycles. The van der Waals surface area contributed by atoms with Gasteiger partial charge in [-0.25, -0.2) is 9.59 Å². The first kappa shape index (κ1) is 31.8. The summed E-state index contributed by atoms with van der Waals surface area (Å²) in [5.41, 5.74) is -0.239. The Morgan fingerprint density at radius 1 is 1.30 bits per heavy atom. The van der Waals surface area contributed by atoms with Crippen LogP contribution < -0.4 is 5.32 Å². The third-order valence-electron chi connectivity index (χ3n) is 6.05. The van der Waals surface area contributed by atoms with Gasteiger partial charge >= 0.3 is 12.1 Å². The zero-order valence-electron chi connectivity index (χ0n) is 22.2. The second-order valence-corrected chi connectivity index (χ2v) is 13.2. The van der Waals surface area contributed by atoms with E-state index in [1.54, 1.807) is 13.8 Å². The highest BCUT2D eigenvalue weighted by Gasteiger charge is 2.58. The maximum absolute atomic E-state index is 13.2. The Morgan fingerprint density at radius 2 is 1.95 bits per heavy atom. The molecule has 1 fully saturated rings. The molecule has 1 aromatic rings. The molecule has 0 radical (unpaired) electrons. The van der Waals surface area contributed by atoms with Gasteiger partial charge in [0.05, 0.1) is 29.2 Å². The normalized spacial score (nSPS) is 19.5. The van der Waals surface area contributed by atoms with E-state index < -0.39 is 56.7 Å². The SMILES string of the molecule is C[C@@H](OS(C)(=O)=O)[C@H]1C(=O)N2C(C(=O)OCc3ccc([N+](=O)[O-])cc3)=C(SCCNC(=O)OC(C)(C)CBr)C[C@H]12. The van der Waals surface area contributed by atoms with Crippen LogP contribution in [-0.4, -0.2) is 77.8 Å². The number of nitrogens with zero attached hydrogens (tertiary/aromatic N) is 2. The maximum atomic E-state index is 13.2. The average molecular weight is 665 g/mol. The molecule has 0 spiro atoms. The van der Waals surface area contributed by atoms with E-state index >= 15 is 0 Å². The van der Waals surface area contributed by atoms with E-state index in [-0.39, 0.29) is 31.0 Å². The second-order valence-electron chi connectivity index (χ2n) is 9.84. The highest BCUT2D eigenvalue weighted by Crippen LogP contribution is 2.48. The van der Waals surface area contributed by atoms with E-state index in [4.69, 9.17) is 13.7 Å². The number of rotatable bonds is 13. The molecule has 3 atom stereocenters. The summed E-state index contributed by atoms with van der Waals surface area (Å²) in [7, 11) is -3.81. The molecule has 40 heavy (non-hydrogen) atoms. The van der Waals surface area contributed by atoms with Gasteiger partial charge in [-0.05, 0) is 38.5 Å². The van der Waals surface area contributed by atoms with E-state index in [0.29, 0.717) is 21.6 Å². The molecule has 13 nitrogen and oxygen atoms in total. The molecule has 1 aromatic carbocycles. The number of carbonyl (C=O) groups is 3. The van der Waals surface area contributed by atoms with Crippen molar-refractivity contribution < 1.29 is 41.4 Å². The molecular weight excluding hydrogens is 634 g/mol. The van der Waals surface area contributed by atoms with E-state index in [0.717, 1.165) is 6.26 Å². The summed E-state index contributed by atoms with van der Waals surface area (Å²) in [6.07, 6.45) is -0.350. The van der Waals surface area contributed by atoms with E-state index in [2.05, 4.69) is 21.2 Å². The fourth-order valence-corrected chi connectivity index (χ4v) is 6.09. The van der Waals surface area contributed by atoms with Crippen molar-refractivity contribution in [3.05, 3.63) is 50.5 Å². The van der Waals surface area contributed by atoms with Crippen LogP contribution in [0.4, 0.5) is 10.5 Å². The van der Waals surface area contributed by atoms with Crippen LogP contribution in [-0.2, 0) is 40.0 Å². The van der Waals surface area contributed by atoms with Crippen molar-refractivity contribution in [3.63, 3.8) is 0 Å². The van der Waals surface area contributed by atoms with E-state index in [1.807, 2.05) is 0 Å². The van der Waals surface area contributed by atoms with Crippen molar-refractivity contribution >= 4 is 61.5 Å². The molecule has 220 valence electrons. The number of esters is 1. The Labute approximate surface area is 244 Å². The van der Waals surface area contributed by atoms with Crippen LogP contribution in [0.25, 0.3) is 0 Å². The first-order chi connectivity index (χ1) is 18.6. The second kappa shape index (κ2) is 12.9. The number of halogens is 1. The summed E-state index contributed by atoms with van der Waals surface area (Å²) >= 11 is 4.54. The summed E-state index contributed by atoms with van der Waals surface area (Å²) in [5, 5.41) is 14.0. The standard InChI is InChI=1S/C24H30BrN3O10S2/c1-14(38-40(4,34)35)19-17-11-18(39-10-9-26-23(31)37-24(2,3)13-25)20(27(17)21(19)29)22(30)36-12-15-5-7-16(8-6-15)28(32)33/h5-8,14,17,19H,9-13H2,1-4H3,(H,26,31)/t14-,17-,19-/m1/s1. The van der Waals surface area contributed by atoms with Crippen LogP contribution in [0.3, 0.4) is 0 Å². The largest absolute Gasteiger partial charge is 0.456 e. The van der Waals surface area contributed by atoms with Gasteiger partial charge in [-0.2, -0.15) is 8.42 Å². The van der Waals surface area contributed by atoms with Gasteiger partial charge in [0.15, 0.2) is 0 Å². The van der Waals surface area contributed by atoms with Crippen molar-refractivity contribution in [3.8, 4) is 0 Å². The number of non-ortho nitro benzene ring substituents is 1. The average Bonchev–Trinajstić information content (AvgIpc) is 3.18. The summed E-state index contributed by atoms with van der Waals surface area (Å²) in [6.45, 7) is 5.02. The lowest BCUT2D eigenvalue weighted by Gasteiger charge is -2.45. The fraction of sp³-hybridized carbons (Fsp3) is 0.542. The molecule has 0 aliphatic carbocycles. The van der Waals surface area contributed by atoms with E-state index in [9.17, 15) is 32.9 Å². The van der Waals surface area contributed by atoms with Crippen LogP contribution in [0.5, 0.6) is 0 Å². The molecular formula is C24H30BrN3O10S2. The zero-order chi connectivity index (χ0) is 29.8. The van der Waals surface area contributed by atoms with Gasteiger partial charge in [0.25, 0.3) is 15.8 Å². The maximum Gasteiger partial charge on any atom is 0.407 e. The lowest BCUT2D eigenvalue weighted by atomic mass is 9.83. The Balaban J connectivity index is 1.70. The van der Waals surface area contributed by atoms with Gasteiger partial charge in [-0.15, -0.1) is 11.8 Å². The smallest absolute Gasteiger partial charge is 0.407 e. The third-order valence-corrected chi connectivity index (χ3v) is 9.17. The van der Waals surface area contributed by atoms with E-state index in [1.165, 1.54) is 47.9 Å². The lowest BCUT2D eigenvalue weighted by Crippen LogP contribution is -2.62. The Morgan fingerprint density at radius 3 is 2.52 bits per heavy atom. The molecule has 1 saturated heterocycles. The lowest BCUT2D eigenvalue weighted by molar-refractivity contribution is -0.384. The van der Waals surface area contributed by atoms with Crippen LogP contribution in [0.15, 0.2) is 34.9 Å². The van der Waals surface area contributed by atoms with Crippen molar-refractivity contribution in [2.75, 3.05) is 23.9 Å². The number of thioether (sulfide) groups is 1. The van der Waals surface area contributed by atoms with Gasteiger partial charge in [0.1, 0.15) is 17.9 Å². The number of hydrogen-bond donors (Lipinski definition) is 1. The summed E-state index contributed by atoms with van der Waals surface area (Å²) in [4.78, 5) is 50.4. The number of hydrogen-bond acceptors (Lipinski definition) is 11. The predicted molar refractivity (Wildman–Crippen MR) is 149 cm³/mol. The van der Waals surface area contributed by atoms with Gasteiger partial charge in [-0.1, -0.05) is 15.9 Å². The summed E-state index contributed by atoms with van der Waals surface area (Å²) in [6, 6.07) is 5.01. The van der Waals surface area contributed by atoms with Gasteiger partial charge in [0.2, 0.25) is 5.91 Å².